The van der Waals surface area contributed by atoms with Crippen molar-refractivity contribution in [2.24, 2.45) is 0 Å². The Morgan fingerprint density at radius 2 is 2.21 bits per heavy atom. The maximum atomic E-state index is 9.24. The summed E-state index contributed by atoms with van der Waals surface area (Å²) in [7, 11) is 0. The third kappa shape index (κ3) is 1.91. The highest BCUT2D eigenvalue weighted by Crippen LogP contribution is 2.20. The average molecular weight is 210 g/mol. The molecule has 0 bridgehead atoms. The summed E-state index contributed by atoms with van der Waals surface area (Å²) < 4.78 is 0. The molecule has 1 heterocycles. The third-order valence-electron chi connectivity index (χ3n) is 2.15. The molecule has 2 nitrogen and oxygen atoms in total. The van der Waals surface area contributed by atoms with Gasteiger partial charge in [-0.1, -0.05) is 11.6 Å². The van der Waals surface area contributed by atoms with Crippen molar-refractivity contribution in [3.05, 3.63) is 35.0 Å². The highest BCUT2D eigenvalue weighted by atomic mass is 35.5. The van der Waals surface area contributed by atoms with E-state index < -0.39 is 0 Å². The van der Waals surface area contributed by atoms with Gasteiger partial charge in [-0.15, -0.1) is 0 Å². The van der Waals surface area contributed by atoms with Crippen molar-refractivity contribution in [2.45, 2.75) is 19.4 Å². The normalized spacial score (nSPS) is 13.4. The maximum Gasteiger partial charge on any atom is 0.0566 e. The van der Waals surface area contributed by atoms with Crippen molar-refractivity contribution >= 4 is 22.5 Å². The zero-order valence-electron chi connectivity index (χ0n) is 7.92. The largest absolute Gasteiger partial charge is 0.393 e. The van der Waals surface area contributed by atoms with Crippen LogP contribution in [0.3, 0.4) is 0 Å². The van der Waals surface area contributed by atoms with Crippen LogP contribution in [0.4, 0.5) is 0 Å². The summed E-state index contributed by atoms with van der Waals surface area (Å²) in [6.07, 6.45) is 0.324. The van der Waals surface area contributed by atoms with E-state index >= 15 is 0 Å². The Morgan fingerprint density at radius 1 is 1.43 bits per heavy atom. The Labute approximate surface area is 87.5 Å². The molecule has 0 spiro atoms. The lowest BCUT2D eigenvalue weighted by Gasteiger charge is -1.99. The molecule has 3 heteroatoms. The van der Waals surface area contributed by atoms with E-state index in [4.69, 9.17) is 11.6 Å². The van der Waals surface area contributed by atoms with Crippen LogP contribution < -0.4 is 0 Å². The third-order valence-corrected chi connectivity index (χ3v) is 2.39. The van der Waals surface area contributed by atoms with Crippen LogP contribution in [0.5, 0.6) is 0 Å². The summed E-state index contributed by atoms with van der Waals surface area (Å²) >= 11 is 5.87. The maximum absolute atomic E-state index is 9.24. The molecule has 14 heavy (non-hydrogen) atoms. The van der Waals surface area contributed by atoms with Gasteiger partial charge in [0, 0.05) is 28.0 Å². The Bertz CT molecular complexity index is 447. The van der Waals surface area contributed by atoms with Crippen LogP contribution in [0.25, 0.3) is 10.9 Å². The summed E-state index contributed by atoms with van der Waals surface area (Å²) in [4.78, 5) is 3.24. The van der Waals surface area contributed by atoms with Crippen molar-refractivity contribution in [1.29, 1.82) is 0 Å². The fraction of sp³-hybridized carbons (Fsp3) is 0.273. The summed E-state index contributed by atoms with van der Waals surface area (Å²) in [5.74, 6) is 0. The van der Waals surface area contributed by atoms with E-state index in [-0.39, 0.29) is 6.10 Å². The van der Waals surface area contributed by atoms with Gasteiger partial charge in [0.2, 0.25) is 0 Å². The summed E-state index contributed by atoms with van der Waals surface area (Å²) in [5.41, 5.74) is 2.10. The predicted molar refractivity (Wildman–Crippen MR) is 58.7 cm³/mol. The Balaban J connectivity index is 2.41. The SMILES string of the molecule is C[C@H](O)Cc1cc2cc(Cl)ccc2[nH]1. The number of aliphatic hydroxyl groups excluding tert-OH is 1. The van der Waals surface area contributed by atoms with Crippen molar-refractivity contribution in [3.8, 4) is 0 Å². The number of fused-ring (bicyclic) bond motifs is 1. The van der Waals surface area contributed by atoms with E-state index in [1.165, 1.54) is 0 Å². The second kappa shape index (κ2) is 3.64. The predicted octanol–water partition coefficient (Wildman–Crippen LogP) is 2.74. The first-order valence-electron chi connectivity index (χ1n) is 4.60. The molecule has 0 saturated heterocycles. The number of hydrogen-bond acceptors (Lipinski definition) is 1. The topological polar surface area (TPSA) is 36.0 Å². The standard InChI is InChI=1S/C11H12ClNO/c1-7(14)4-10-6-8-5-9(12)2-3-11(8)13-10/h2-3,5-7,13-14H,4H2,1H3/t7-/m0/s1. The number of rotatable bonds is 2. The molecule has 2 aromatic rings. The molecule has 1 aromatic carbocycles. The molecule has 0 saturated carbocycles. The molecule has 0 aliphatic heterocycles. The number of aromatic amines is 1. The molecule has 1 atom stereocenters. The van der Waals surface area contributed by atoms with Crippen molar-refractivity contribution < 1.29 is 5.11 Å². The Hall–Kier alpha value is -0.990. The Morgan fingerprint density at radius 3 is 2.93 bits per heavy atom. The van der Waals surface area contributed by atoms with Crippen molar-refractivity contribution in [3.63, 3.8) is 0 Å². The number of H-pyrrole nitrogens is 1. The molecule has 0 unspecified atom stereocenters. The zero-order chi connectivity index (χ0) is 10.1. The van der Waals surface area contributed by atoms with Crippen LogP contribution in [-0.2, 0) is 6.42 Å². The van der Waals surface area contributed by atoms with E-state index in [0.29, 0.717) is 6.42 Å². The van der Waals surface area contributed by atoms with E-state index in [1.807, 2.05) is 24.3 Å². The van der Waals surface area contributed by atoms with E-state index in [2.05, 4.69) is 4.98 Å². The lowest BCUT2D eigenvalue weighted by Crippen LogP contribution is -2.03. The van der Waals surface area contributed by atoms with Crippen LogP contribution in [-0.4, -0.2) is 16.2 Å². The van der Waals surface area contributed by atoms with Gasteiger partial charge in [0.25, 0.3) is 0 Å². The smallest absolute Gasteiger partial charge is 0.0566 e. The molecule has 0 fully saturated rings. The lowest BCUT2D eigenvalue weighted by atomic mass is 10.2. The van der Waals surface area contributed by atoms with Gasteiger partial charge in [-0.05, 0) is 31.2 Å². The molecule has 1 aromatic heterocycles. The van der Waals surface area contributed by atoms with Crippen LogP contribution in [0, 0.1) is 0 Å². The minimum atomic E-state index is -0.321. The van der Waals surface area contributed by atoms with Crippen LogP contribution in [0.2, 0.25) is 5.02 Å². The Kier molecular flexibility index (Phi) is 2.48. The highest BCUT2D eigenvalue weighted by Gasteiger charge is 2.03. The van der Waals surface area contributed by atoms with E-state index in [9.17, 15) is 5.11 Å². The first-order chi connectivity index (χ1) is 6.65. The lowest BCUT2D eigenvalue weighted by molar-refractivity contribution is 0.194. The van der Waals surface area contributed by atoms with Gasteiger partial charge < -0.3 is 10.1 Å². The summed E-state index contributed by atoms with van der Waals surface area (Å²) in [5, 5.41) is 11.1. The monoisotopic (exact) mass is 209 g/mol. The van der Waals surface area contributed by atoms with E-state index in [0.717, 1.165) is 21.6 Å². The van der Waals surface area contributed by atoms with Crippen LogP contribution in [0.1, 0.15) is 12.6 Å². The number of aliphatic hydroxyl groups is 1. The zero-order valence-corrected chi connectivity index (χ0v) is 8.67. The minimum Gasteiger partial charge on any atom is -0.393 e. The number of hydrogen-bond donors (Lipinski definition) is 2. The molecular weight excluding hydrogens is 198 g/mol. The second-order valence-corrected chi connectivity index (χ2v) is 4.02. The van der Waals surface area contributed by atoms with Gasteiger partial charge in [-0.2, -0.15) is 0 Å². The fourth-order valence-corrected chi connectivity index (χ4v) is 1.77. The van der Waals surface area contributed by atoms with Crippen molar-refractivity contribution in [1.82, 2.24) is 4.98 Å². The quantitative estimate of drug-likeness (QED) is 0.784. The number of benzene rings is 1. The van der Waals surface area contributed by atoms with E-state index in [1.54, 1.807) is 6.92 Å². The highest BCUT2D eigenvalue weighted by molar-refractivity contribution is 6.31. The van der Waals surface area contributed by atoms with Gasteiger partial charge in [0.05, 0.1) is 6.10 Å². The fourth-order valence-electron chi connectivity index (χ4n) is 1.59. The van der Waals surface area contributed by atoms with Gasteiger partial charge in [0.1, 0.15) is 0 Å². The number of halogens is 1. The average Bonchev–Trinajstić information content (AvgIpc) is 2.44. The molecular formula is C11H12ClNO. The van der Waals surface area contributed by atoms with Crippen molar-refractivity contribution in [2.75, 3.05) is 0 Å². The summed E-state index contributed by atoms with van der Waals surface area (Å²) in [6, 6.07) is 7.74. The first-order valence-corrected chi connectivity index (χ1v) is 4.98. The van der Waals surface area contributed by atoms with Crippen LogP contribution in [0.15, 0.2) is 24.3 Å². The summed E-state index contributed by atoms with van der Waals surface area (Å²) in [6.45, 7) is 1.78. The minimum absolute atomic E-state index is 0.321. The molecule has 2 rings (SSSR count). The molecule has 0 amide bonds. The van der Waals surface area contributed by atoms with Gasteiger partial charge in [-0.25, -0.2) is 0 Å². The molecule has 0 aliphatic carbocycles. The molecule has 74 valence electrons. The molecule has 2 N–H and O–H groups in total. The number of aromatic nitrogens is 1. The first kappa shape index (κ1) is 9.56. The molecule has 0 radical (unpaired) electrons. The van der Waals surface area contributed by atoms with Gasteiger partial charge in [0.15, 0.2) is 0 Å². The molecule has 0 aliphatic rings. The van der Waals surface area contributed by atoms with Crippen LogP contribution >= 0.6 is 11.6 Å². The second-order valence-electron chi connectivity index (χ2n) is 3.58. The van der Waals surface area contributed by atoms with Gasteiger partial charge in [-0.3, -0.25) is 0 Å². The van der Waals surface area contributed by atoms with Gasteiger partial charge >= 0.3 is 0 Å². The number of nitrogens with one attached hydrogen (secondary N) is 1.